The van der Waals surface area contributed by atoms with Crippen LogP contribution in [0.1, 0.15) is 52.3 Å². The van der Waals surface area contributed by atoms with Gasteiger partial charge in [-0.25, -0.2) is 4.98 Å². The van der Waals surface area contributed by atoms with E-state index in [9.17, 15) is 4.79 Å². The van der Waals surface area contributed by atoms with Crippen LogP contribution in [-0.2, 0) is 22.5 Å². The van der Waals surface area contributed by atoms with E-state index < -0.39 is 5.54 Å². The number of carbonyl (C=O) groups excluding carboxylic acids is 1. The number of esters is 1. The van der Waals surface area contributed by atoms with Gasteiger partial charge in [0.1, 0.15) is 11.4 Å². The van der Waals surface area contributed by atoms with Gasteiger partial charge in [0.05, 0.1) is 6.61 Å². The van der Waals surface area contributed by atoms with Crippen LogP contribution in [0.5, 0.6) is 0 Å². The van der Waals surface area contributed by atoms with E-state index in [-0.39, 0.29) is 5.97 Å². The lowest BCUT2D eigenvalue weighted by atomic mass is 9.95. The van der Waals surface area contributed by atoms with E-state index in [4.69, 9.17) is 4.74 Å². The number of imidazole rings is 1. The van der Waals surface area contributed by atoms with Gasteiger partial charge >= 0.3 is 5.97 Å². The monoisotopic (exact) mass is 295 g/mol. The summed E-state index contributed by atoms with van der Waals surface area (Å²) in [7, 11) is 1.81. The second-order valence-corrected chi connectivity index (χ2v) is 5.55. The zero-order valence-corrected chi connectivity index (χ0v) is 13.8. The summed E-state index contributed by atoms with van der Waals surface area (Å²) in [5.41, 5.74) is -0.586. The summed E-state index contributed by atoms with van der Waals surface area (Å²) in [5, 5.41) is 3.09. The second-order valence-electron chi connectivity index (χ2n) is 5.55. The molecule has 0 radical (unpaired) electrons. The van der Waals surface area contributed by atoms with Gasteiger partial charge in [0.25, 0.3) is 0 Å². The molecular formula is C16H29N3O2. The first kappa shape index (κ1) is 17.7. The Kier molecular flexibility index (Phi) is 7.43. The van der Waals surface area contributed by atoms with Crippen LogP contribution in [0.4, 0.5) is 0 Å². The van der Waals surface area contributed by atoms with Crippen molar-refractivity contribution in [1.29, 1.82) is 0 Å². The largest absolute Gasteiger partial charge is 0.465 e. The number of hydrogen-bond donors (Lipinski definition) is 1. The number of carbonyl (C=O) groups is 1. The zero-order valence-electron chi connectivity index (χ0n) is 13.8. The Bertz CT molecular complexity index is 431. The molecule has 0 saturated heterocycles. The summed E-state index contributed by atoms with van der Waals surface area (Å²) in [6, 6.07) is 0. The van der Waals surface area contributed by atoms with Gasteiger partial charge in [-0.05, 0) is 46.6 Å². The minimum atomic E-state index is -0.586. The summed E-state index contributed by atoms with van der Waals surface area (Å²) in [5.74, 6) is 0.987. The van der Waals surface area contributed by atoms with Gasteiger partial charge in [0.15, 0.2) is 0 Å². The average Bonchev–Trinajstić information content (AvgIpc) is 2.91. The number of nitrogens with one attached hydrogen (secondary N) is 1. The van der Waals surface area contributed by atoms with Gasteiger partial charge in [-0.3, -0.25) is 4.79 Å². The molecule has 0 spiro atoms. The lowest BCUT2D eigenvalue weighted by molar-refractivity contribution is -0.150. The van der Waals surface area contributed by atoms with Crippen molar-refractivity contribution in [2.75, 3.05) is 13.7 Å². The maximum atomic E-state index is 12.0. The van der Waals surface area contributed by atoms with Crippen LogP contribution in [0.25, 0.3) is 0 Å². The minimum absolute atomic E-state index is 0.165. The van der Waals surface area contributed by atoms with Crippen molar-refractivity contribution in [2.24, 2.45) is 0 Å². The van der Waals surface area contributed by atoms with Crippen LogP contribution in [0.3, 0.4) is 0 Å². The Balaban J connectivity index is 2.41. The van der Waals surface area contributed by atoms with Crippen LogP contribution in [0.15, 0.2) is 12.4 Å². The van der Waals surface area contributed by atoms with E-state index in [2.05, 4.69) is 21.8 Å². The molecule has 120 valence electrons. The van der Waals surface area contributed by atoms with Crippen LogP contribution >= 0.6 is 0 Å². The van der Waals surface area contributed by atoms with Crippen molar-refractivity contribution in [1.82, 2.24) is 14.9 Å². The molecule has 0 aliphatic carbocycles. The number of ether oxygens (including phenoxy) is 1. The third kappa shape index (κ3) is 5.16. The predicted octanol–water partition coefficient (Wildman–Crippen LogP) is 2.55. The first-order valence-electron chi connectivity index (χ1n) is 7.93. The summed E-state index contributed by atoms with van der Waals surface area (Å²) >= 11 is 0. The summed E-state index contributed by atoms with van der Waals surface area (Å²) in [6.07, 6.45) is 8.81. The fourth-order valence-corrected chi connectivity index (χ4v) is 2.38. The van der Waals surface area contributed by atoms with E-state index in [0.29, 0.717) is 6.61 Å². The molecule has 21 heavy (non-hydrogen) atoms. The first-order valence-corrected chi connectivity index (χ1v) is 7.93. The lowest BCUT2D eigenvalue weighted by Gasteiger charge is -2.26. The number of hydrogen-bond acceptors (Lipinski definition) is 4. The number of nitrogens with zero attached hydrogens (tertiary/aromatic N) is 2. The third-order valence-electron chi connectivity index (χ3n) is 3.88. The quantitative estimate of drug-likeness (QED) is 0.532. The molecule has 0 aliphatic rings. The van der Waals surface area contributed by atoms with E-state index in [1.165, 1.54) is 0 Å². The maximum absolute atomic E-state index is 12.0. The molecule has 1 aromatic heterocycles. The molecule has 5 heteroatoms. The Labute approximate surface area is 128 Å². The Hall–Kier alpha value is -1.36. The van der Waals surface area contributed by atoms with E-state index >= 15 is 0 Å². The number of likely N-dealkylation sites (N-methyl/N-ethyl adjacent to an activating group) is 1. The van der Waals surface area contributed by atoms with Crippen molar-refractivity contribution < 1.29 is 9.53 Å². The molecule has 0 fully saturated rings. The lowest BCUT2D eigenvalue weighted by Crippen LogP contribution is -2.48. The zero-order chi connectivity index (χ0) is 15.7. The summed E-state index contributed by atoms with van der Waals surface area (Å²) in [4.78, 5) is 16.3. The molecule has 1 N–H and O–H groups in total. The Morgan fingerprint density at radius 3 is 2.81 bits per heavy atom. The number of rotatable bonds is 10. The fourth-order valence-electron chi connectivity index (χ4n) is 2.38. The molecular weight excluding hydrogens is 266 g/mol. The second kappa shape index (κ2) is 8.82. The van der Waals surface area contributed by atoms with Gasteiger partial charge in [0, 0.05) is 25.4 Å². The predicted molar refractivity (Wildman–Crippen MR) is 84.2 cm³/mol. The minimum Gasteiger partial charge on any atom is -0.465 e. The number of aromatic nitrogens is 2. The van der Waals surface area contributed by atoms with Crippen molar-refractivity contribution >= 4 is 5.97 Å². The van der Waals surface area contributed by atoms with Crippen LogP contribution in [0.2, 0.25) is 0 Å². The molecule has 0 aliphatic heterocycles. The van der Waals surface area contributed by atoms with Gasteiger partial charge in [-0.1, -0.05) is 6.92 Å². The molecule has 0 amide bonds. The first-order chi connectivity index (χ1) is 10.1. The topological polar surface area (TPSA) is 56.2 Å². The SMILES string of the molecule is CCCc1nccn1CCCCC(C)(NC)C(=O)OCC. The van der Waals surface area contributed by atoms with Crippen LogP contribution in [0, 0.1) is 0 Å². The van der Waals surface area contributed by atoms with Crippen LogP contribution < -0.4 is 5.32 Å². The van der Waals surface area contributed by atoms with Crippen molar-refractivity contribution in [3.8, 4) is 0 Å². The summed E-state index contributed by atoms with van der Waals surface area (Å²) in [6.45, 7) is 7.28. The molecule has 0 aromatic carbocycles. The van der Waals surface area contributed by atoms with Gasteiger partial charge in [-0.15, -0.1) is 0 Å². The highest BCUT2D eigenvalue weighted by molar-refractivity contribution is 5.80. The molecule has 5 nitrogen and oxygen atoms in total. The summed E-state index contributed by atoms with van der Waals surface area (Å²) < 4.78 is 7.35. The standard InChI is InChI=1S/C16H29N3O2/c1-5-9-14-18-11-13-19(14)12-8-7-10-16(3,17-4)15(20)21-6-2/h11,13,17H,5-10,12H2,1-4H3. The maximum Gasteiger partial charge on any atom is 0.326 e. The molecule has 1 unspecified atom stereocenters. The van der Waals surface area contributed by atoms with E-state index in [0.717, 1.165) is 44.5 Å². The Morgan fingerprint density at radius 2 is 2.19 bits per heavy atom. The highest BCUT2D eigenvalue weighted by Crippen LogP contribution is 2.16. The highest BCUT2D eigenvalue weighted by atomic mass is 16.5. The van der Waals surface area contributed by atoms with Crippen molar-refractivity contribution in [3.63, 3.8) is 0 Å². The molecule has 0 bridgehead atoms. The highest BCUT2D eigenvalue weighted by Gasteiger charge is 2.32. The fraction of sp³-hybridized carbons (Fsp3) is 0.750. The van der Waals surface area contributed by atoms with Crippen molar-refractivity contribution in [2.45, 2.75) is 65.0 Å². The smallest absolute Gasteiger partial charge is 0.326 e. The average molecular weight is 295 g/mol. The van der Waals surface area contributed by atoms with Crippen molar-refractivity contribution in [3.05, 3.63) is 18.2 Å². The number of aryl methyl sites for hydroxylation is 2. The molecule has 0 saturated carbocycles. The third-order valence-corrected chi connectivity index (χ3v) is 3.88. The van der Waals surface area contributed by atoms with E-state index in [1.54, 1.807) is 0 Å². The molecule has 1 atom stereocenters. The molecule has 1 rings (SSSR count). The van der Waals surface area contributed by atoms with Gasteiger partial charge in [-0.2, -0.15) is 0 Å². The van der Waals surface area contributed by atoms with E-state index in [1.807, 2.05) is 33.3 Å². The molecule has 1 aromatic rings. The normalized spacial score (nSPS) is 13.9. The van der Waals surface area contributed by atoms with Crippen LogP contribution in [-0.4, -0.2) is 34.7 Å². The number of unbranched alkanes of at least 4 members (excludes halogenated alkanes) is 1. The van der Waals surface area contributed by atoms with Gasteiger partial charge < -0.3 is 14.6 Å². The molecule has 1 heterocycles. The van der Waals surface area contributed by atoms with Gasteiger partial charge in [0.2, 0.25) is 0 Å². The Morgan fingerprint density at radius 1 is 1.43 bits per heavy atom.